The lowest BCUT2D eigenvalue weighted by atomic mass is 10.1. The Kier molecular flexibility index (Phi) is 6.61. The fraction of sp³-hybridized carbons (Fsp3) is 0.571. The van der Waals surface area contributed by atoms with Crippen molar-refractivity contribution in [2.24, 2.45) is 0 Å². The summed E-state index contributed by atoms with van der Waals surface area (Å²) in [4.78, 5) is 2.40. The normalized spacial score (nSPS) is 17.4. The Labute approximate surface area is 114 Å². The molecule has 2 rings (SSSR count). The van der Waals surface area contributed by atoms with Gasteiger partial charge in [0.25, 0.3) is 0 Å². The fourth-order valence-corrected chi connectivity index (χ4v) is 2.30. The van der Waals surface area contributed by atoms with Crippen LogP contribution in [0.15, 0.2) is 24.3 Å². The highest BCUT2D eigenvalue weighted by molar-refractivity contribution is 5.85. The highest BCUT2D eigenvalue weighted by Crippen LogP contribution is 2.11. The van der Waals surface area contributed by atoms with Crippen LogP contribution in [0.25, 0.3) is 0 Å². The van der Waals surface area contributed by atoms with Gasteiger partial charge in [-0.1, -0.05) is 12.1 Å². The van der Waals surface area contributed by atoms with Gasteiger partial charge in [-0.05, 0) is 49.9 Å². The third kappa shape index (κ3) is 4.92. The molecule has 0 unspecified atom stereocenters. The second kappa shape index (κ2) is 7.72. The molecule has 0 aliphatic carbocycles. The molecule has 0 spiro atoms. The summed E-state index contributed by atoms with van der Waals surface area (Å²) in [6.45, 7) is 3.08. The van der Waals surface area contributed by atoms with Crippen molar-refractivity contribution in [3.63, 3.8) is 0 Å². The molecule has 1 aromatic rings. The Morgan fingerprint density at radius 2 is 1.78 bits per heavy atom. The first-order valence-electron chi connectivity index (χ1n) is 6.39. The van der Waals surface area contributed by atoms with Crippen LogP contribution in [-0.4, -0.2) is 35.7 Å². The second-order valence-electron chi connectivity index (χ2n) is 4.80. The molecular formula is C14H21ClFNO. The third-order valence-corrected chi connectivity index (χ3v) is 3.41. The van der Waals surface area contributed by atoms with Gasteiger partial charge in [0.2, 0.25) is 0 Å². The monoisotopic (exact) mass is 273 g/mol. The van der Waals surface area contributed by atoms with E-state index in [2.05, 4.69) is 4.90 Å². The number of piperidine rings is 1. The van der Waals surface area contributed by atoms with Crippen molar-refractivity contribution in [2.75, 3.05) is 19.6 Å². The predicted octanol–water partition coefficient (Wildman–Crippen LogP) is 2.64. The molecule has 1 aliphatic rings. The van der Waals surface area contributed by atoms with Crippen molar-refractivity contribution >= 4 is 12.4 Å². The lowest BCUT2D eigenvalue weighted by molar-refractivity contribution is 0.0821. The van der Waals surface area contributed by atoms with Gasteiger partial charge < -0.3 is 10.0 Å². The Morgan fingerprint density at radius 1 is 1.17 bits per heavy atom. The van der Waals surface area contributed by atoms with Crippen molar-refractivity contribution < 1.29 is 9.50 Å². The van der Waals surface area contributed by atoms with Gasteiger partial charge in [-0.2, -0.15) is 0 Å². The smallest absolute Gasteiger partial charge is 0.123 e. The average Bonchev–Trinajstić information content (AvgIpc) is 2.34. The first-order chi connectivity index (χ1) is 8.24. The zero-order valence-electron chi connectivity index (χ0n) is 10.5. The summed E-state index contributed by atoms with van der Waals surface area (Å²) in [7, 11) is 0. The molecule has 102 valence electrons. The number of likely N-dealkylation sites (tertiary alicyclic amines) is 1. The summed E-state index contributed by atoms with van der Waals surface area (Å²) in [5, 5.41) is 9.39. The Morgan fingerprint density at radius 3 is 2.39 bits per heavy atom. The molecule has 1 heterocycles. The van der Waals surface area contributed by atoms with E-state index in [0.29, 0.717) is 0 Å². The van der Waals surface area contributed by atoms with E-state index in [0.717, 1.165) is 45.3 Å². The molecule has 1 saturated heterocycles. The van der Waals surface area contributed by atoms with Gasteiger partial charge in [0.1, 0.15) is 5.82 Å². The van der Waals surface area contributed by atoms with Crippen molar-refractivity contribution in [1.29, 1.82) is 0 Å². The Balaban J connectivity index is 0.00000162. The van der Waals surface area contributed by atoms with Crippen molar-refractivity contribution in [1.82, 2.24) is 4.90 Å². The van der Waals surface area contributed by atoms with Gasteiger partial charge >= 0.3 is 0 Å². The molecule has 0 radical (unpaired) electrons. The van der Waals surface area contributed by atoms with Crippen LogP contribution in [0.3, 0.4) is 0 Å². The van der Waals surface area contributed by atoms with Crippen LogP contribution in [0.2, 0.25) is 0 Å². The van der Waals surface area contributed by atoms with Gasteiger partial charge in [-0.25, -0.2) is 4.39 Å². The zero-order chi connectivity index (χ0) is 12.1. The minimum absolute atomic E-state index is 0. The van der Waals surface area contributed by atoms with E-state index in [4.69, 9.17) is 0 Å². The number of aliphatic hydroxyl groups is 1. The van der Waals surface area contributed by atoms with Crippen LogP contribution in [0.4, 0.5) is 4.39 Å². The van der Waals surface area contributed by atoms with Gasteiger partial charge in [0.15, 0.2) is 0 Å². The predicted molar refractivity (Wildman–Crippen MR) is 73.6 cm³/mol. The lowest BCUT2D eigenvalue weighted by Crippen LogP contribution is -2.36. The number of hydrogen-bond acceptors (Lipinski definition) is 2. The summed E-state index contributed by atoms with van der Waals surface area (Å²) in [5.41, 5.74) is 1.20. The van der Waals surface area contributed by atoms with Crippen LogP contribution in [-0.2, 0) is 6.42 Å². The zero-order valence-corrected chi connectivity index (χ0v) is 11.3. The van der Waals surface area contributed by atoms with E-state index in [1.54, 1.807) is 0 Å². The van der Waals surface area contributed by atoms with E-state index >= 15 is 0 Å². The first kappa shape index (κ1) is 15.4. The minimum Gasteiger partial charge on any atom is -0.393 e. The standard InChI is InChI=1S/C14H20FNO.ClH/c15-13-5-3-12(4-6-13)2-1-9-16-10-7-14(17)8-11-16;/h3-6,14,17H,1-2,7-11H2;1H. The molecule has 0 atom stereocenters. The lowest BCUT2D eigenvalue weighted by Gasteiger charge is -2.29. The number of halogens is 2. The van der Waals surface area contributed by atoms with Crippen LogP contribution in [0.5, 0.6) is 0 Å². The molecule has 0 aromatic heterocycles. The van der Waals surface area contributed by atoms with E-state index in [1.807, 2.05) is 12.1 Å². The molecule has 2 nitrogen and oxygen atoms in total. The number of nitrogens with zero attached hydrogens (tertiary/aromatic N) is 1. The maximum Gasteiger partial charge on any atom is 0.123 e. The van der Waals surface area contributed by atoms with E-state index < -0.39 is 0 Å². The number of aliphatic hydroxyl groups excluding tert-OH is 1. The number of rotatable bonds is 4. The summed E-state index contributed by atoms with van der Waals surface area (Å²) in [6, 6.07) is 6.75. The average molecular weight is 274 g/mol. The van der Waals surface area contributed by atoms with Gasteiger partial charge in [-0.15, -0.1) is 12.4 Å². The third-order valence-electron chi connectivity index (χ3n) is 3.41. The molecule has 18 heavy (non-hydrogen) atoms. The Hall–Kier alpha value is -0.640. The molecule has 1 N–H and O–H groups in total. The molecule has 4 heteroatoms. The quantitative estimate of drug-likeness (QED) is 0.912. The van der Waals surface area contributed by atoms with Crippen LogP contribution in [0, 0.1) is 5.82 Å². The molecule has 1 aromatic carbocycles. The first-order valence-corrected chi connectivity index (χ1v) is 6.39. The number of hydrogen-bond donors (Lipinski definition) is 1. The van der Waals surface area contributed by atoms with Crippen LogP contribution >= 0.6 is 12.4 Å². The van der Waals surface area contributed by atoms with Gasteiger partial charge in [0.05, 0.1) is 6.10 Å². The summed E-state index contributed by atoms with van der Waals surface area (Å²) >= 11 is 0. The number of aryl methyl sites for hydroxylation is 1. The van der Waals surface area contributed by atoms with E-state index in [9.17, 15) is 9.50 Å². The molecule has 0 saturated carbocycles. The number of benzene rings is 1. The van der Waals surface area contributed by atoms with Crippen LogP contribution in [0.1, 0.15) is 24.8 Å². The van der Waals surface area contributed by atoms with Crippen LogP contribution < -0.4 is 0 Å². The van der Waals surface area contributed by atoms with Gasteiger partial charge in [-0.3, -0.25) is 0 Å². The summed E-state index contributed by atoms with van der Waals surface area (Å²) < 4.78 is 12.7. The van der Waals surface area contributed by atoms with E-state index in [-0.39, 0.29) is 24.3 Å². The van der Waals surface area contributed by atoms with Gasteiger partial charge in [0, 0.05) is 13.1 Å². The highest BCUT2D eigenvalue weighted by Gasteiger charge is 2.15. The minimum atomic E-state index is -0.168. The molecular weight excluding hydrogens is 253 g/mol. The molecule has 1 fully saturated rings. The molecule has 0 amide bonds. The second-order valence-corrected chi connectivity index (χ2v) is 4.80. The maximum absolute atomic E-state index is 12.7. The summed E-state index contributed by atoms with van der Waals surface area (Å²) in [5.74, 6) is -0.168. The molecule has 1 aliphatic heterocycles. The van der Waals surface area contributed by atoms with Crippen molar-refractivity contribution in [3.05, 3.63) is 35.6 Å². The highest BCUT2D eigenvalue weighted by atomic mass is 35.5. The molecule has 0 bridgehead atoms. The Bertz CT molecular complexity index is 336. The summed E-state index contributed by atoms with van der Waals surface area (Å²) in [6.07, 6.45) is 3.80. The fourth-order valence-electron chi connectivity index (χ4n) is 2.30. The topological polar surface area (TPSA) is 23.5 Å². The maximum atomic E-state index is 12.7. The van der Waals surface area contributed by atoms with Crippen molar-refractivity contribution in [3.8, 4) is 0 Å². The van der Waals surface area contributed by atoms with Crippen molar-refractivity contribution in [2.45, 2.75) is 31.8 Å². The SMILES string of the molecule is Cl.OC1CCN(CCCc2ccc(F)cc2)CC1. The largest absolute Gasteiger partial charge is 0.393 e. The van der Waals surface area contributed by atoms with E-state index in [1.165, 1.54) is 17.7 Å².